The van der Waals surface area contributed by atoms with Crippen LogP contribution in [0.15, 0.2) is 23.8 Å². The summed E-state index contributed by atoms with van der Waals surface area (Å²) < 4.78 is 12.2. The zero-order valence-corrected chi connectivity index (χ0v) is 27.8. The zero-order chi connectivity index (χ0) is 31.7. The van der Waals surface area contributed by atoms with E-state index in [0.717, 1.165) is 57.8 Å². The molecule has 4 saturated carbocycles. The maximum atomic E-state index is 12.0. The summed E-state index contributed by atoms with van der Waals surface area (Å²) in [7, 11) is 0. The summed E-state index contributed by atoms with van der Waals surface area (Å²) in [6, 6.07) is 0. The Balaban J connectivity index is 1.36. The van der Waals surface area contributed by atoms with Crippen molar-refractivity contribution in [3.05, 3.63) is 23.8 Å². The fraction of sp³-hybridized carbons (Fsp3) is 0.889. The Kier molecular flexibility index (Phi) is 9.19. The third-order valence-electron chi connectivity index (χ3n) is 14.0. The Bertz CT molecular complexity index is 1070. The maximum Gasteiger partial charge on any atom is 0.186 e. The van der Waals surface area contributed by atoms with Crippen LogP contribution in [0.4, 0.5) is 0 Å². The van der Waals surface area contributed by atoms with Crippen LogP contribution in [0, 0.1) is 45.3 Å². The van der Waals surface area contributed by atoms with Crippen LogP contribution in [-0.2, 0) is 9.47 Å². The van der Waals surface area contributed by atoms with Crippen LogP contribution in [0.5, 0.6) is 0 Å². The molecular weight excluding hydrogens is 544 g/mol. The summed E-state index contributed by atoms with van der Waals surface area (Å²) in [4.78, 5) is 0. The number of allylic oxidation sites excluding steroid dienone is 3. The van der Waals surface area contributed by atoms with E-state index >= 15 is 0 Å². The molecule has 0 aromatic rings. The molecule has 0 spiro atoms. The molecule has 0 aromatic heterocycles. The summed E-state index contributed by atoms with van der Waals surface area (Å²) >= 11 is 0. The van der Waals surface area contributed by atoms with E-state index in [9.17, 15) is 25.5 Å². The van der Waals surface area contributed by atoms with Crippen molar-refractivity contribution in [1.29, 1.82) is 0 Å². The molecule has 7 heteroatoms. The molecule has 43 heavy (non-hydrogen) atoms. The van der Waals surface area contributed by atoms with Gasteiger partial charge in [0.25, 0.3) is 0 Å². The smallest absolute Gasteiger partial charge is 0.186 e. The van der Waals surface area contributed by atoms with Crippen molar-refractivity contribution < 1.29 is 35.0 Å². The van der Waals surface area contributed by atoms with Gasteiger partial charge in [-0.05, 0) is 117 Å². The lowest BCUT2D eigenvalue weighted by Gasteiger charge is -2.70. The highest BCUT2D eigenvalue weighted by molar-refractivity contribution is 5.22. The Labute approximate surface area is 259 Å². The van der Waals surface area contributed by atoms with Crippen LogP contribution in [0.2, 0.25) is 0 Å². The fourth-order valence-electron chi connectivity index (χ4n) is 11.5. The molecule has 5 aliphatic rings. The van der Waals surface area contributed by atoms with E-state index in [4.69, 9.17) is 9.47 Å². The van der Waals surface area contributed by atoms with Gasteiger partial charge < -0.3 is 35.0 Å². The van der Waals surface area contributed by atoms with Crippen molar-refractivity contribution >= 4 is 0 Å². The topological polar surface area (TPSA) is 120 Å². The molecule has 1 aliphatic heterocycles. The van der Waals surface area contributed by atoms with E-state index in [0.29, 0.717) is 17.8 Å². The van der Waals surface area contributed by atoms with Crippen molar-refractivity contribution in [3.8, 4) is 0 Å². The number of hydrogen-bond donors (Lipinski definition) is 5. The number of ether oxygens (including phenoxy) is 2. The monoisotopic (exact) mass is 604 g/mol. The molecule has 4 aliphatic carbocycles. The van der Waals surface area contributed by atoms with Gasteiger partial charge in [-0.1, -0.05) is 58.4 Å². The first kappa shape index (κ1) is 33.6. The lowest BCUT2D eigenvalue weighted by Crippen LogP contribution is -2.67. The fourth-order valence-corrected chi connectivity index (χ4v) is 11.5. The van der Waals surface area contributed by atoms with Crippen LogP contribution in [-0.4, -0.2) is 75.1 Å². The molecule has 5 N–H and O–H groups in total. The van der Waals surface area contributed by atoms with Crippen LogP contribution in [0.1, 0.15) is 106 Å². The number of rotatable bonds is 7. The van der Waals surface area contributed by atoms with Crippen LogP contribution >= 0.6 is 0 Å². The number of fused-ring (bicyclic) bond motifs is 5. The van der Waals surface area contributed by atoms with E-state index in [1.165, 1.54) is 11.1 Å². The van der Waals surface area contributed by atoms with Crippen LogP contribution in [0.25, 0.3) is 0 Å². The van der Waals surface area contributed by atoms with Crippen molar-refractivity contribution in [2.75, 3.05) is 6.61 Å². The van der Waals surface area contributed by atoms with Gasteiger partial charge in [-0.25, -0.2) is 0 Å². The Morgan fingerprint density at radius 1 is 0.884 bits per heavy atom. The first-order chi connectivity index (χ1) is 20.0. The molecule has 0 amide bonds. The second-order valence-corrected chi connectivity index (χ2v) is 16.6. The Hall–Kier alpha value is -0.800. The Morgan fingerprint density at radius 2 is 1.56 bits per heavy atom. The molecular formula is C36H60O7. The van der Waals surface area contributed by atoms with Gasteiger partial charge in [0.15, 0.2) is 6.29 Å². The predicted octanol–water partition coefficient (Wildman–Crippen LogP) is 5.13. The minimum atomic E-state index is -1.45. The number of hydrogen-bond acceptors (Lipinski definition) is 7. The van der Waals surface area contributed by atoms with Gasteiger partial charge >= 0.3 is 0 Å². The molecule has 5 rings (SSSR count). The summed E-state index contributed by atoms with van der Waals surface area (Å²) in [5.41, 5.74) is 2.63. The van der Waals surface area contributed by atoms with E-state index in [1.54, 1.807) is 0 Å². The highest BCUT2D eigenvalue weighted by Crippen LogP contribution is 2.75. The van der Waals surface area contributed by atoms with Crippen molar-refractivity contribution in [2.24, 2.45) is 45.3 Å². The Morgan fingerprint density at radius 3 is 2.21 bits per heavy atom. The zero-order valence-electron chi connectivity index (χ0n) is 27.8. The standard InChI is InChI=1S/C36H60O7/c1-20(2)10-9-11-21(3)22-12-16-36(8)28(22)23(38)18-26-34(6)15-14-27(33(4,5)25(34)13-17-35(26,36)7)43-32-31(41)30(40)29(39)24(19-37)42-32/h10,22-32,37-41H,3,9,11-19H2,1-2,4-8H3/t22-,23+,24-,25?,26-,27-,28+,29-,30+,31-,32+,34+,35-,36-/m1/s1. The van der Waals surface area contributed by atoms with Gasteiger partial charge in [0.2, 0.25) is 0 Å². The van der Waals surface area contributed by atoms with E-state index in [2.05, 4.69) is 61.1 Å². The molecule has 0 radical (unpaired) electrons. The number of aliphatic hydroxyl groups excluding tert-OH is 5. The summed E-state index contributed by atoms with van der Waals surface area (Å²) in [6.45, 7) is 20.4. The highest BCUT2D eigenvalue weighted by Gasteiger charge is 2.70. The maximum absolute atomic E-state index is 12.0. The molecule has 1 heterocycles. The number of aliphatic hydroxyl groups is 5. The van der Waals surface area contributed by atoms with Gasteiger partial charge in [-0.15, -0.1) is 0 Å². The lowest BCUT2D eigenvalue weighted by molar-refractivity contribution is -0.331. The molecule has 1 saturated heterocycles. The van der Waals surface area contributed by atoms with E-state index < -0.39 is 37.3 Å². The predicted molar refractivity (Wildman–Crippen MR) is 167 cm³/mol. The van der Waals surface area contributed by atoms with Crippen molar-refractivity contribution in [1.82, 2.24) is 0 Å². The van der Waals surface area contributed by atoms with Crippen LogP contribution in [0.3, 0.4) is 0 Å². The lowest BCUT2D eigenvalue weighted by atomic mass is 9.35. The van der Waals surface area contributed by atoms with Gasteiger partial charge in [-0.3, -0.25) is 0 Å². The molecule has 1 unspecified atom stereocenters. The third-order valence-corrected chi connectivity index (χ3v) is 14.0. The van der Waals surface area contributed by atoms with E-state index in [1.807, 2.05) is 0 Å². The first-order valence-electron chi connectivity index (χ1n) is 17.0. The second kappa shape index (κ2) is 11.8. The SMILES string of the molecule is C=C(CCC=C(C)C)[C@H]1CC[C@]2(C)[C@@H]1[C@@H](O)C[C@@H]1[C@@]3(C)CC[C@@H](O[C@@H]4O[C@H](CO)[C@@H](O)[C@H](O)[C@H]4O)C(C)(C)C3CC[C@]12C. The minimum absolute atomic E-state index is 0.0270. The molecule has 0 aromatic carbocycles. The van der Waals surface area contributed by atoms with Gasteiger partial charge in [0.1, 0.15) is 24.4 Å². The average molecular weight is 605 g/mol. The van der Waals surface area contributed by atoms with Gasteiger partial charge in [-0.2, -0.15) is 0 Å². The molecule has 246 valence electrons. The normalized spacial score (nSPS) is 50.7. The largest absolute Gasteiger partial charge is 0.394 e. The van der Waals surface area contributed by atoms with Crippen molar-refractivity contribution in [2.45, 2.75) is 149 Å². The van der Waals surface area contributed by atoms with E-state index in [-0.39, 0.29) is 39.8 Å². The van der Waals surface area contributed by atoms with Crippen molar-refractivity contribution in [3.63, 3.8) is 0 Å². The second-order valence-electron chi connectivity index (χ2n) is 16.6. The highest BCUT2D eigenvalue weighted by atomic mass is 16.7. The first-order valence-corrected chi connectivity index (χ1v) is 17.0. The molecule has 7 nitrogen and oxygen atoms in total. The molecule has 0 bridgehead atoms. The summed E-state index contributed by atoms with van der Waals surface area (Å²) in [5.74, 6) is 1.38. The summed E-state index contributed by atoms with van der Waals surface area (Å²) in [6.07, 6.45) is 4.46. The third kappa shape index (κ3) is 5.21. The molecule has 14 atom stereocenters. The molecule has 5 fully saturated rings. The summed E-state index contributed by atoms with van der Waals surface area (Å²) in [5, 5.41) is 52.9. The average Bonchev–Trinajstić information content (AvgIpc) is 3.31. The minimum Gasteiger partial charge on any atom is -0.394 e. The van der Waals surface area contributed by atoms with Crippen LogP contribution < -0.4 is 0 Å². The quantitative estimate of drug-likeness (QED) is 0.202. The van der Waals surface area contributed by atoms with Gasteiger partial charge in [0.05, 0.1) is 18.8 Å². The van der Waals surface area contributed by atoms with Gasteiger partial charge in [0, 0.05) is 0 Å².